The number of hydrogen-bond acceptors (Lipinski definition) is 2. The van der Waals surface area contributed by atoms with Crippen LogP contribution in [0.25, 0.3) is 0 Å². The Morgan fingerprint density at radius 1 is 1.44 bits per heavy atom. The number of benzene rings is 1. The van der Waals surface area contributed by atoms with E-state index in [1.165, 1.54) is 24.8 Å². The third-order valence-corrected chi connectivity index (χ3v) is 4.21. The first-order valence-corrected chi connectivity index (χ1v) is 6.08. The molecule has 0 aromatic heterocycles. The zero-order valence-electron chi connectivity index (χ0n) is 10.2. The van der Waals surface area contributed by atoms with Crippen molar-refractivity contribution in [2.24, 2.45) is 11.7 Å². The lowest BCUT2D eigenvalue weighted by Gasteiger charge is -2.34. The molecule has 2 rings (SSSR count). The van der Waals surface area contributed by atoms with Gasteiger partial charge < -0.3 is 10.5 Å². The first kappa shape index (κ1) is 11.5. The predicted molar refractivity (Wildman–Crippen MR) is 66.7 cm³/mol. The number of nitrogens with two attached hydrogens (primary N) is 1. The average Bonchev–Trinajstić information content (AvgIpc) is 2.71. The second-order valence-corrected chi connectivity index (χ2v) is 4.85. The molecule has 2 heteroatoms. The SMILES string of the molecule is COc1ccccc1C1(CN)CCCC1C. The van der Waals surface area contributed by atoms with E-state index in [9.17, 15) is 0 Å². The molecule has 0 heterocycles. The van der Waals surface area contributed by atoms with E-state index >= 15 is 0 Å². The van der Waals surface area contributed by atoms with Crippen molar-refractivity contribution in [2.45, 2.75) is 31.6 Å². The lowest BCUT2D eigenvalue weighted by Crippen LogP contribution is -2.37. The standard InChI is InChI=1S/C14H21NO/c1-11-6-5-9-14(11,10-15)12-7-3-4-8-13(12)16-2/h3-4,7-8,11H,5-6,9-10,15H2,1-2H3. The topological polar surface area (TPSA) is 35.2 Å². The summed E-state index contributed by atoms with van der Waals surface area (Å²) in [6.07, 6.45) is 3.73. The summed E-state index contributed by atoms with van der Waals surface area (Å²) in [5.41, 5.74) is 7.49. The van der Waals surface area contributed by atoms with Gasteiger partial charge in [0.2, 0.25) is 0 Å². The van der Waals surface area contributed by atoms with E-state index in [4.69, 9.17) is 10.5 Å². The summed E-state index contributed by atoms with van der Waals surface area (Å²) in [4.78, 5) is 0. The van der Waals surface area contributed by atoms with Gasteiger partial charge in [0.1, 0.15) is 5.75 Å². The van der Waals surface area contributed by atoms with Crippen LogP contribution in [0.15, 0.2) is 24.3 Å². The monoisotopic (exact) mass is 219 g/mol. The second kappa shape index (κ2) is 4.46. The van der Waals surface area contributed by atoms with Gasteiger partial charge in [-0.3, -0.25) is 0 Å². The minimum absolute atomic E-state index is 0.132. The highest BCUT2D eigenvalue weighted by atomic mass is 16.5. The quantitative estimate of drug-likeness (QED) is 0.848. The van der Waals surface area contributed by atoms with Crippen LogP contribution >= 0.6 is 0 Å². The van der Waals surface area contributed by atoms with E-state index in [0.717, 1.165) is 5.75 Å². The Morgan fingerprint density at radius 3 is 2.75 bits per heavy atom. The Bertz CT molecular complexity index is 364. The zero-order chi connectivity index (χ0) is 11.6. The van der Waals surface area contributed by atoms with E-state index in [1.807, 2.05) is 12.1 Å². The fraction of sp³-hybridized carbons (Fsp3) is 0.571. The van der Waals surface area contributed by atoms with Crippen molar-refractivity contribution in [3.63, 3.8) is 0 Å². The molecule has 2 nitrogen and oxygen atoms in total. The molecule has 88 valence electrons. The van der Waals surface area contributed by atoms with Crippen molar-refractivity contribution in [3.05, 3.63) is 29.8 Å². The molecule has 1 fully saturated rings. The molecule has 1 aliphatic carbocycles. The predicted octanol–water partition coefficient (Wildman–Crippen LogP) is 2.71. The summed E-state index contributed by atoms with van der Waals surface area (Å²) in [5, 5.41) is 0. The van der Waals surface area contributed by atoms with Gasteiger partial charge >= 0.3 is 0 Å². The van der Waals surface area contributed by atoms with Crippen molar-refractivity contribution >= 4 is 0 Å². The van der Waals surface area contributed by atoms with E-state index in [0.29, 0.717) is 12.5 Å². The van der Waals surface area contributed by atoms with Crippen molar-refractivity contribution in [3.8, 4) is 5.75 Å². The summed E-state index contributed by atoms with van der Waals surface area (Å²) < 4.78 is 5.48. The van der Waals surface area contributed by atoms with Crippen LogP contribution in [0, 0.1) is 5.92 Å². The third-order valence-electron chi connectivity index (χ3n) is 4.21. The zero-order valence-corrected chi connectivity index (χ0v) is 10.2. The van der Waals surface area contributed by atoms with E-state index < -0.39 is 0 Å². The Morgan fingerprint density at radius 2 is 2.19 bits per heavy atom. The largest absolute Gasteiger partial charge is 0.496 e. The molecule has 1 aromatic carbocycles. The molecule has 0 amide bonds. The maximum atomic E-state index is 6.06. The summed E-state index contributed by atoms with van der Waals surface area (Å²) in [6.45, 7) is 3.03. The lowest BCUT2D eigenvalue weighted by molar-refractivity contribution is 0.323. The number of methoxy groups -OCH3 is 1. The van der Waals surface area contributed by atoms with E-state index in [2.05, 4.69) is 19.1 Å². The van der Waals surface area contributed by atoms with Gasteiger partial charge in [0, 0.05) is 17.5 Å². The van der Waals surface area contributed by atoms with Crippen LogP contribution in [0.3, 0.4) is 0 Å². The van der Waals surface area contributed by atoms with Gasteiger partial charge in [-0.1, -0.05) is 31.5 Å². The van der Waals surface area contributed by atoms with Crippen molar-refractivity contribution in [2.75, 3.05) is 13.7 Å². The van der Waals surface area contributed by atoms with Crippen molar-refractivity contribution < 1.29 is 4.74 Å². The Kier molecular flexibility index (Phi) is 3.20. The van der Waals surface area contributed by atoms with Crippen LogP contribution < -0.4 is 10.5 Å². The molecule has 0 saturated heterocycles. The first-order valence-electron chi connectivity index (χ1n) is 6.08. The lowest BCUT2D eigenvalue weighted by atomic mass is 9.72. The smallest absolute Gasteiger partial charge is 0.122 e. The van der Waals surface area contributed by atoms with Crippen LogP contribution in [-0.4, -0.2) is 13.7 Å². The third kappa shape index (κ3) is 1.61. The Hall–Kier alpha value is -1.02. The molecule has 0 spiro atoms. The fourth-order valence-corrected chi connectivity index (χ4v) is 3.12. The van der Waals surface area contributed by atoms with E-state index in [-0.39, 0.29) is 5.41 Å². The molecule has 0 bridgehead atoms. The Labute approximate surface area is 97.8 Å². The number of hydrogen-bond donors (Lipinski definition) is 1. The Balaban J connectivity index is 2.47. The molecule has 2 atom stereocenters. The van der Waals surface area contributed by atoms with Gasteiger partial charge in [0.15, 0.2) is 0 Å². The molecule has 1 saturated carbocycles. The fourth-order valence-electron chi connectivity index (χ4n) is 3.12. The number of para-hydroxylation sites is 1. The molecule has 2 N–H and O–H groups in total. The van der Waals surface area contributed by atoms with Gasteiger partial charge in [-0.25, -0.2) is 0 Å². The summed E-state index contributed by atoms with van der Waals surface area (Å²) in [5.74, 6) is 1.63. The molecule has 1 aromatic rings. The second-order valence-electron chi connectivity index (χ2n) is 4.85. The molecule has 1 aliphatic rings. The molecule has 2 unspecified atom stereocenters. The van der Waals surface area contributed by atoms with Crippen LogP contribution in [-0.2, 0) is 5.41 Å². The van der Waals surface area contributed by atoms with Crippen LogP contribution in [0.5, 0.6) is 5.75 Å². The highest BCUT2D eigenvalue weighted by Crippen LogP contribution is 2.47. The molecular weight excluding hydrogens is 198 g/mol. The molecular formula is C14H21NO. The minimum Gasteiger partial charge on any atom is -0.496 e. The van der Waals surface area contributed by atoms with Gasteiger partial charge in [-0.05, 0) is 24.8 Å². The maximum absolute atomic E-state index is 6.06. The molecule has 0 aliphatic heterocycles. The molecule has 0 radical (unpaired) electrons. The normalized spacial score (nSPS) is 29.3. The highest BCUT2D eigenvalue weighted by Gasteiger charge is 2.42. The summed E-state index contributed by atoms with van der Waals surface area (Å²) in [6, 6.07) is 8.32. The van der Waals surface area contributed by atoms with Gasteiger partial charge in [-0.15, -0.1) is 0 Å². The average molecular weight is 219 g/mol. The van der Waals surface area contributed by atoms with Crippen molar-refractivity contribution in [1.29, 1.82) is 0 Å². The van der Waals surface area contributed by atoms with E-state index in [1.54, 1.807) is 7.11 Å². The first-order chi connectivity index (χ1) is 7.74. The number of ether oxygens (including phenoxy) is 1. The van der Waals surface area contributed by atoms with Gasteiger partial charge in [-0.2, -0.15) is 0 Å². The van der Waals surface area contributed by atoms with Crippen LogP contribution in [0.1, 0.15) is 31.7 Å². The summed E-state index contributed by atoms with van der Waals surface area (Å²) >= 11 is 0. The van der Waals surface area contributed by atoms with Crippen LogP contribution in [0.4, 0.5) is 0 Å². The summed E-state index contributed by atoms with van der Waals surface area (Å²) in [7, 11) is 1.74. The van der Waals surface area contributed by atoms with Crippen molar-refractivity contribution in [1.82, 2.24) is 0 Å². The highest BCUT2D eigenvalue weighted by molar-refractivity contribution is 5.41. The van der Waals surface area contributed by atoms with Gasteiger partial charge in [0.05, 0.1) is 7.11 Å². The molecule has 16 heavy (non-hydrogen) atoms. The number of rotatable bonds is 3. The maximum Gasteiger partial charge on any atom is 0.122 e. The van der Waals surface area contributed by atoms with Gasteiger partial charge in [0.25, 0.3) is 0 Å². The van der Waals surface area contributed by atoms with Crippen LogP contribution in [0.2, 0.25) is 0 Å². The minimum atomic E-state index is 0.132.